The molecule has 0 aliphatic carbocycles. The van der Waals surface area contributed by atoms with Crippen LogP contribution >= 0.6 is 31.9 Å². The number of unbranched alkanes of at least 4 members (excludes halogenated alkanes) is 1. The maximum atomic E-state index is 12.0. The van der Waals surface area contributed by atoms with Crippen LogP contribution in [0.4, 0.5) is 4.39 Å². The molecule has 2 fully saturated rings. The molecular weight excluding hydrogens is 635 g/mol. The smallest absolute Gasteiger partial charge is 0.212 e. The van der Waals surface area contributed by atoms with Crippen molar-refractivity contribution in [2.45, 2.75) is 76.3 Å². The predicted molar refractivity (Wildman–Crippen MR) is 151 cm³/mol. The van der Waals surface area contributed by atoms with Crippen LogP contribution in [-0.4, -0.2) is 49.0 Å². The molecule has 2 aromatic heterocycles. The van der Waals surface area contributed by atoms with Gasteiger partial charge in [-0.2, -0.15) is 14.9 Å². The van der Waals surface area contributed by atoms with Crippen LogP contribution in [0, 0.1) is 28.6 Å². The average Bonchev–Trinajstić information content (AvgIpc) is 2.97. The SMILES string of the molecule is Fc1ccc(Br)cn1.N#CC(CCOC1CCCCO1)c1ccc(Br)cn1.N#CCCCOC1CCCCO1. The second-order valence-electron chi connectivity index (χ2n) is 8.77. The molecule has 3 atom stereocenters. The fourth-order valence-corrected chi connectivity index (χ4v) is 4.07. The van der Waals surface area contributed by atoms with E-state index in [1.165, 1.54) is 18.7 Å². The summed E-state index contributed by atoms with van der Waals surface area (Å²) in [4.78, 5) is 7.62. The van der Waals surface area contributed by atoms with Gasteiger partial charge in [0.05, 0.1) is 37.0 Å². The van der Waals surface area contributed by atoms with E-state index in [4.69, 9.17) is 24.2 Å². The summed E-state index contributed by atoms with van der Waals surface area (Å²) >= 11 is 6.45. The van der Waals surface area contributed by atoms with Gasteiger partial charge >= 0.3 is 0 Å². The van der Waals surface area contributed by atoms with Gasteiger partial charge in [-0.25, -0.2) is 4.98 Å². The third-order valence-corrected chi connectivity index (χ3v) is 6.62. The van der Waals surface area contributed by atoms with Gasteiger partial charge in [0.2, 0.25) is 5.95 Å². The van der Waals surface area contributed by atoms with Gasteiger partial charge in [-0.1, -0.05) is 0 Å². The Morgan fingerprint density at radius 1 is 0.897 bits per heavy atom. The lowest BCUT2D eigenvalue weighted by Gasteiger charge is -2.23. The number of aromatic nitrogens is 2. The Hall–Kier alpha value is -1.99. The standard InChI is InChI=1S/C14H17BrN2O2.C9H15NO2.C5H3BrFN/c15-12-4-5-13(17-10-12)11(9-16)6-8-19-14-3-1-2-7-18-14;10-6-2-4-8-12-9-5-1-3-7-11-9;6-4-1-2-5(7)8-3-4/h4-5,10-11,14H,1-3,6-8H2;9H,1-5,7-8H2;1-3H. The van der Waals surface area contributed by atoms with Gasteiger partial charge < -0.3 is 18.9 Å². The zero-order valence-corrected chi connectivity index (χ0v) is 25.1. The van der Waals surface area contributed by atoms with Gasteiger partial charge in [0.1, 0.15) is 0 Å². The predicted octanol–water partition coefficient (Wildman–Crippen LogP) is 7.20. The summed E-state index contributed by atoms with van der Waals surface area (Å²) in [5.41, 5.74) is 0.791. The van der Waals surface area contributed by atoms with E-state index in [1.807, 2.05) is 12.1 Å². The van der Waals surface area contributed by atoms with Crippen LogP contribution in [0.5, 0.6) is 0 Å². The van der Waals surface area contributed by atoms with Crippen LogP contribution in [0.25, 0.3) is 0 Å². The van der Waals surface area contributed by atoms with Crippen LogP contribution in [0.3, 0.4) is 0 Å². The summed E-state index contributed by atoms with van der Waals surface area (Å²) in [6, 6.07) is 11.0. The first-order chi connectivity index (χ1) is 19.0. The Morgan fingerprint density at radius 3 is 1.97 bits per heavy atom. The first kappa shape index (κ1) is 33.2. The van der Waals surface area contributed by atoms with Crippen molar-refractivity contribution in [2.24, 2.45) is 0 Å². The molecule has 0 aromatic carbocycles. The van der Waals surface area contributed by atoms with Crippen molar-refractivity contribution in [3.8, 4) is 12.1 Å². The highest BCUT2D eigenvalue weighted by molar-refractivity contribution is 9.10. The summed E-state index contributed by atoms with van der Waals surface area (Å²) in [6.45, 7) is 2.78. The van der Waals surface area contributed by atoms with Gasteiger partial charge in [0.15, 0.2) is 12.6 Å². The molecule has 39 heavy (non-hydrogen) atoms. The van der Waals surface area contributed by atoms with E-state index in [-0.39, 0.29) is 18.5 Å². The minimum atomic E-state index is -0.451. The van der Waals surface area contributed by atoms with Crippen molar-refractivity contribution in [3.05, 3.63) is 57.2 Å². The molecule has 0 saturated carbocycles. The Morgan fingerprint density at radius 2 is 1.51 bits per heavy atom. The summed E-state index contributed by atoms with van der Waals surface area (Å²) in [6.07, 6.45) is 11.6. The second kappa shape index (κ2) is 20.8. The molecule has 0 radical (unpaired) electrons. The number of ether oxygens (including phenoxy) is 4. The number of pyridine rings is 2. The Balaban J connectivity index is 0.000000227. The monoisotopic (exact) mass is 668 g/mol. The van der Waals surface area contributed by atoms with Crippen LogP contribution in [0.15, 0.2) is 45.6 Å². The molecule has 2 aromatic rings. The number of rotatable bonds is 9. The molecule has 11 heteroatoms. The molecule has 4 heterocycles. The van der Waals surface area contributed by atoms with E-state index in [2.05, 4.69) is 54.0 Å². The lowest BCUT2D eigenvalue weighted by Crippen LogP contribution is -2.23. The Bertz CT molecular complexity index is 970. The number of hydrogen-bond acceptors (Lipinski definition) is 8. The quantitative estimate of drug-likeness (QED) is 0.204. The van der Waals surface area contributed by atoms with Gasteiger partial charge in [-0.3, -0.25) is 4.98 Å². The van der Waals surface area contributed by atoms with Crippen LogP contribution in [0.1, 0.15) is 69.4 Å². The number of nitriles is 2. The minimum absolute atomic E-state index is 0.00237. The molecule has 0 bridgehead atoms. The number of halogens is 3. The van der Waals surface area contributed by atoms with Crippen molar-refractivity contribution < 1.29 is 23.3 Å². The highest BCUT2D eigenvalue weighted by atomic mass is 79.9. The molecule has 4 rings (SSSR count). The molecule has 2 aliphatic heterocycles. The highest BCUT2D eigenvalue weighted by Crippen LogP contribution is 2.20. The second-order valence-corrected chi connectivity index (χ2v) is 10.6. The topological polar surface area (TPSA) is 110 Å². The average molecular weight is 670 g/mol. The van der Waals surface area contributed by atoms with Crippen molar-refractivity contribution in [1.82, 2.24) is 9.97 Å². The Labute approximate surface area is 247 Å². The van der Waals surface area contributed by atoms with E-state index < -0.39 is 5.95 Å². The van der Waals surface area contributed by atoms with Crippen molar-refractivity contribution in [2.75, 3.05) is 26.4 Å². The van der Waals surface area contributed by atoms with Gasteiger partial charge in [-0.15, -0.1) is 0 Å². The lowest BCUT2D eigenvalue weighted by molar-refractivity contribution is -0.163. The molecule has 8 nitrogen and oxygen atoms in total. The van der Waals surface area contributed by atoms with Crippen LogP contribution < -0.4 is 0 Å². The van der Waals surface area contributed by atoms with E-state index in [9.17, 15) is 9.65 Å². The summed E-state index contributed by atoms with van der Waals surface area (Å²) in [5.74, 6) is -0.676. The maximum absolute atomic E-state index is 12.0. The van der Waals surface area contributed by atoms with Crippen molar-refractivity contribution in [3.63, 3.8) is 0 Å². The fraction of sp³-hybridized carbons (Fsp3) is 0.571. The van der Waals surface area contributed by atoms with E-state index in [0.29, 0.717) is 26.1 Å². The molecule has 3 unspecified atom stereocenters. The van der Waals surface area contributed by atoms with Gasteiger partial charge in [-0.05, 0) is 107 Å². The van der Waals surface area contributed by atoms with Crippen molar-refractivity contribution in [1.29, 1.82) is 10.5 Å². The number of nitrogens with zero attached hydrogens (tertiary/aromatic N) is 4. The largest absolute Gasteiger partial charge is 0.353 e. The molecule has 212 valence electrons. The maximum Gasteiger partial charge on any atom is 0.212 e. The fourth-order valence-electron chi connectivity index (χ4n) is 3.60. The first-order valence-corrected chi connectivity index (χ1v) is 14.7. The molecule has 0 N–H and O–H groups in total. The van der Waals surface area contributed by atoms with E-state index in [0.717, 1.165) is 66.4 Å². The zero-order chi connectivity index (χ0) is 28.1. The third kappa shape index (κ3) is 15.4. The molecule has 2 saturated heterocycles. The first-order valence-electron chi connectivity index (χ1n) is 13.1. The van der Waals surface area contributed by atoms with Gasteiger partial charge in [0.25, 0.3) is 0 Å². The van der Waals surface area contributed by atoms with Crippen LogP contribution in [-0.2, 0) is 18.9 Å². The number of hydrogen-bond donors (Lipinski definition) is 0. The summed E-state index contributed by atoms with van der Waals surface area (Å²) in [7, 11) is 0. The molecular formula is C28H35Br2FN4O4. The third-order valence-electron chi connectivity index (χ3n) is 5.68. The van der Waals surface area contributed by atoms with E-state index >= 15 is 0 Å². The Kier molecular flexibility index (Phi) is 17.8. The molecule has 0 spiro atoms. The normalized spacial score (nSPS) is 19.2. The molecule has 0 amide bonds. The zero-order valence-electron chi connectivity index (χ0n) is 21.9. The summed E-state index contributed by atoms with van der Waals surface area (Å²) < 4.78 is 35.6. The van der Waals surface area contributed by atoms with E-state index in [1.54, 1.807) is 12.3 Å². The summed E-state index contributed by atoms with van der Waals surface area (Å²) in [5, 5.41) is 17.5. The minimum Gasteiger partial charge on any atom is -0.353 e. The van der Waals surface area contributed by atoms with Gasteiger partial charge in [0, 0.05) is 41.0 Å². The highest BCUT2D eigenvalue weighted by Gasteiger charge is 2.17. The molecule has 2 aliphatic rings. The van der Waals surface area contributed by atoms with Crippen molar-refractivity contribution >= 4 is 31.9 Å². The lowest BCUT2D eigenvalue weighted by atomic mass is 10.0. The van der Waals surface area contributed by atoms with Crippen LogP contribution in [0.2, 0.25) is 0 Å².